The maximum atomic E-state index is 10.9. The fraction of sp³-hybridized carbons (Fsp3) is 0.400. The maximum Gasteiger partial charge on any atom is 0.250 e. The van der Waals surface area contributed by atoms with E-state index < -0.39 is 5.91 Å². The fourth-order valence-corrected chi connectivity index (χ4v) is 1.73. The smallest absolute Gasteiger partial charge is 0.250 e. The summed E-state index contributed by atoms with van der Waals surface area (Å²) in [4.78, 5) is 15.1. The van der Waals surface area contributed by atoms with Gasteiger partial charge in [-0.15, -0.1) is 0 Å². The minimum absolute atomic E-state index is 0.0194. The lowest BCUT2D eigenvalue weighted by Gasteiger charge is -2.17. The lowest BCUT2D eigenvalue weighted by atomic mass is 10.0. The summed E-state index contributed by atoms with van der Waals surface area (Å²) in [5, 5.41) is 3.28. The zero-order chi connectivity index (χ0) is 10.3. The summed E-state index contributed by atoms with van der Waals surface area (Å²) < 4.78 is 0. The summed E-state index contributed by atoms with van der Waals surface area (Å²) in [6.07, 6.45) is 2.38. The molecule has 1 amide bonds. The first kappa shape index (κ1) is 8.99. The Bertz CT molecular complexity index is 398. The molecule has 1 aromatic rings. The first-order chi connectivity index (χ1) is 6.48. The number of pyridine rings is 1. The molecule has 0 spiro atoms. The van der Waals surface area contributed by atoms with Crippen LogP contribution in [-0.2, 0) is 6.42 Å². The van der Waals surface area contributed by atoms with Gasteiger partial charge >= 0.3 is 0 Å². The number of rotatable bonds is 1. The Balaban J connectivity index is 2.40. The van der Waals surface area contributed by atoms with Gasteiger partial charge in [0.05, 0.1) is 5.56 Å². The summed E-state index contributed by atoms with van der Waals surface area (Å²) >= 11 is 0. The molecule has 4 nitrogen and oxygen atoms in total. The molecule has 0 saturated carbocycles. The van der Waals surface area contributed by atoms with E-state index in [2.05, 4.69) is 24.1 Å². The standard InChI is InChI=1S/C10H13N3O/c1-10(2)4-6-3-7(8(11)14)5-12-9(6)13-10/h3,5H,4H2,1-2H3,(H2,11,14)(H,12,13). The van der Waals surface area contributed by atoms with E-state index in [9.17, 15) is 4.79 Å². The number of hydrogen-bond acceptors (Lipinski definition) is 3. The van der Waals surface area contributed by atoms with Crippen LogP contribution in [0.2, 0.25) is 0 Å². The van der Waals surface area contributed by atoms with Gasteiger partial charge in [0, 0.05) is 11.7 Å². The number of nitrogens with two attached hydrogens (primary N) is 1. The second-order valence-corrected chi connectivity index (χ2v) is 4.28. The average Bonchev–Trinajstić information content (AvgIpc) is 2.36. The number of anilines is 1. The highest BCUT2D eigenvalue weighted by atomic mass is 16.1. The largest absolute Gasteiger partial charge is 0.366 e. The van der Waals surface area contributed by atoms with Gasteiger partial charge in [-0.3, -0.25) is 4.79 Å². The number of carbonyl (C=O) groups is 1. The van der Waals surface area contributed by atoms with E-state index >= 15 is 0 Å². The van der Waals surface area contributed by atoms with Crippen molar-refractivity contribution in [1.29, 1.82) is 0 Å². The Morgan fingerprint density at radius 1 is 1.64 bits per heavy atom. The fourth-order valence-electron chi connectivity index (χ4n) is 1.73. The number of hydrogen-bond donors (Lipinski definition) is 2. The van der Waals surface area contributed by atoms with Crippen molar-refractivity contribution >= 4 is 11.7 Å². The molecule has 1 aliphatic rings. The lowest BCUT2D eigenvalue weighted by molar-refractivity contribution is 0.1000. The van der Waals surface area contributed by atoms with Crippen LogP contribution in [0.25, 0.3) is 0 Å². The summed E-state index contributed by atoms with van der Waals surface area (Å²) in [7, 11) is 0. The van der Waals surface area contributed by atoms with E-state index in [1.165, 1.54) is 6.20 Å². The Labute approximate surface area is 82.5 Å². The number of nitrogens with one attached hydrogen (secondary N) is 1. The molecule has 3 N–H and O–H groups in total. The minimum Gasteiger partial charge on any atom is -0.366 e. The highest BCUT2D eigenvalue weighted by Crippen LogP contribution is 2.30. The van der Waals surface area contributed by atoms with Gasteiger partial charge in [-0.25, -0.2) is 4.98 Å². The van der Waals surface area contributed by atoms with Crippen molar-refractivity contribution in [2.45, 2.75) is 25.8 Å². The summed E-state index contributed by atoms with van der Waals surface area (Å²) in [5.74, 6) is 0.435. The van der Waals surface area contributed by atoms with E-state index in [-0.39, 0.29) is 5.54 Å². The highest BCUT2D eigenvalue weighted by molar-refractivity contribution is 5.93. The van der Waals surface area contributed by atoms with Gasteiger partial charge in [0.1, 0.15) is 5.82 Å². The van der Waals surface area contributed by atoms with E-state index in [1.54, 1.807) is 0 Å². The van der Waals surface area contributed by atoms with Crippen LogP contribution in [0, 0.1) is 0 Å². The molecule has 0 fully saturated rings. The summed E-state index contributed by atoms with van der Waals surface area (Å²) in [5.41, 5.74) is 6.73. The van der Waals surface area contributed by atoms with Gasteiger partial charge in [0.25, 0.3) is 0 Å². The normalized spacial score (nSPS) is 17.3. The second-order valence-electron chi connectivity index (χ2n) is 4.28. The molecule has 0 radical (unpaired) electrons. The van der Waals surface area contributed by atoms with Crippen LogP contribution in [0.1, 0.15) is 29.8 Å². The lowest BCUT2D eigenvalue weighted by Crippen LogP contribution is -2.27. The van der Waals surface area contributed by atoms with E-state index in [1.807, 2.05) is 6.07 Å². The molecule has 0 atom stereocenters. The number of fused-ring (bicyclic) bond motifs is 1. The molecule has 1 aliphatic heterocycles. The van der Waals surface area contributed by atoms with Gasteiger partial charge in [-0.05, 0) is 31.9 Å². The van der Waals surface area contributed by atoms with Crippen molar-refractivity contribution in [1.82, 2.24) is 4.98 Å². The molecular formula is C10H13N3O. The van der Waals surface area contributed by atoms with Crippen molar-refractivity contribution < 1.29 is 4.79 Å². The van der Waals surface area contributed by atoms with Gasteiger partial charge < -0.3 is 11.1 Å². The predicted octanol–water partition coefficient (Wildman–Crippen LogP) is 0.927. The third-order valence-electron chi connectivity index (χ3n) is 2.34. The Morgan fingerprint density at radius 3 is 3.00 bits per heavy atom. The van der Waals surface area contributed by atoms with Crippen LogP contribution in [0.5, 0.6) is 0 Å². The zero-order valence-electron chi connectivity index (χ0n) is 8.29. The molecule has 0 aliphatic carbocycles. The first-order valence-corrected chi connectivity index (χ1v) is 4.55. The van der Waals surface area contributed by atoms with Crippen molar-refractivity contribution in [3.05, 3.63) is 23.4 Å². The number of carbonyl (C=O) groups excluding carboxylic acids is 1. The minimum atomic E-state index is -0.426. The monoisotopic (exact) mass is 191 g/mol. The molecule has 4 heteroatoms. The number of primary amides is 1. The molecule has 74 valence electrons. The average molecular weight is 191 g/mol. The quantitative estimate of drug-likeness (QED) is 0.693. The molecule has 0 aromatic carbocycles. The molecule has 1 aromatic heterocycles. The van der Waals surface area contributed by atoms with Crippen LogP contribution in [0.3, 0.4) is 0 Å². The van der Waals surface area contributed by atoms with Gasteiger partial charge in [-0.2, -0.15) is 0 Å². The highest BCUT2D eigenvalue weighted by Gasteiger charge is 2.28. The molecular weight excluding hydrogens is 178 g/mol. The van der Waals surface area contributed by atoms with Crippen molar-refractivity contribution in [2.75, 3.05) is 5.32 Å². The topological polar surface area (TPSA) is 68.0 Å². The van der Waals surface area contributed by atoms with E-state index in [4.69, 9.17) is 5.73 Å². The Kier molecular flexibility index (Phi) is 1.74. The van der Waals surface area contributed by atoms with Gasteiger partial charge in [0.2, 0.25) is 5.91 Å². The third-order valence-corrected chi connectivity index (χ3v) is 2.34. The number of aromatic nitrogens is 1. The molecule has 0 unspecified atom stereocenters. The Morgan fingerprint density at radius 2 is 2.36 bits per heavy atom. The second kappa shape index (κ2) is 2.70. The SMILES string of the molecule is CC1(C)Cc2cc(C(N)=O)cnc2N1. The Hall–Kier alpha value is -1.58. The van der Waals surface area contributed by atoms with Crippen molar-refractivity contribution in [2.24, 2.45) is 5.73 Å². The first-order valence-electron chi connectivity index (χ1n) is 4.55. The molecule has 2 heterocycles. The van der Waals surface area contributed by atoms with Crippen LogP contribution in [-0.4, -0.2) is 16.4 Å². The summed E-state index contributed by atoms with van der Waals surface area (Å²) in [6, 6.07) is 1.81. The third kappa shape index (κ3) is 1.43. The van der Waals surface area contributed by atoms with Crippen LogP contribution >= 0.6 is 0 Å². The van der Waals surface area contributed by atoms with Gasteiger partial charge in [0.15, 0.2) is 0 Å². The van der Waals surface area contributed by atoms with E-state index in [0.717, 1.165) is 17.8 Å². The van der Waals surface area contributed by atoms with Crippen molar-refractivity contribution in [3.63, 3.8) is 0 Å². The molecule has 14 heavy (non-hydrogen) atoms. The predicted molar refractivity (Wildman–Crippen MR) is 54.2 cm³/mol. The molecule has 2 rings (SSSR count). The van der Waals surface area contributed by atoms with Crippen LogP contribution in [0.15, 0.2) is 12.3 Å². The molecule has 0 saturated heterocycles. The maximum absolute atomic E-state index is 10.9. The van der Waals surface area contributed by atoms with Crippen molar-refractivity contribution in [3.8, 4) is 0 Å². The van der Waals surface area contributed by atoms with E-state index in [0.29, 0.717) is 5.56 Å². The summed E-state index contributed by atoms with van der Waals surface area (Å²) in [6.45, 7) is 4.19. The van der Waals surface area contributed by atoms with Crippen LogP contribution < -0.4 is 11.1 Å². The van der Waals surface area contributed by atoms with Gasteiger partial charge in [-0.1, -0.05) is 0 Å². The number of amides is 1. The van der Waals surface area contributed by atoms with Crippen LogP contribution in [0.4, 0.5) is 5.82 Å². The zero-order valence-corrected chi connectivity index (χ0v) is 8.29. The molecule has 0 bridgehead atoms. The number of nitrogens with zero attached hydrogens (tertiary/aromatic N) is 1.